The number of nitrogens with two attached hydrogens (primary N) is 1. The van der Waals surface area contributed by atoms with Crippen molar-refractivity contribution < 1.29 is 19.5 Å². The molecule has 0 aliphatic heterocycles. The summed E-state index contributed by atoms with van der Waals surface area (Å²) in [5, 5.41) is 10.1. The number of hydrogen-bond acceptors (Lipinski definition) is 7. The number of pyridine rings is 2. The molecule has 2 aromatic heterocycles. The minimum Gasteiger partial charge on any atom is -0.480 e. The first-order valence-electron chi connectivity index (χ1n) is 13.1. The van der Waals surface area contributed by atoms with Gasteiger partial charge < -0.3 is 15.7 Å². The Morgan fingerprint density at radius 2 is 1.67 bits per heavy atom. The highest BCUT2D eigenvalue weighted by molar-refractivity contribution is 6.15. The maximum Gasteiger partial charge on any atom is 0.327 e. The molecule has 1 unspecified atom stereocenters. The predicted molar refractivity (Wildman–Crippen MR) is 160 cm³/mol. The number of hydrogen-bond donors (Lipinski definition) is 4. The fourth-order valence-electron chi connectivity index (χ4n) is 4.35. The van der Waals surface area contributed by atoms with Crippen LogP contribution < -0.4 is 16.1 Å². The first-order valence-corrected chi connectivity index (χ1v) is 13.5. The van der Waals surface area contributed by atoms with Gasteiger partial charge in [-0.1, -0.05) is 37.8 Å². The van der Waals surface area contributed by atoms with Gasteiger partial charge in [-0.15, -0.1) is 4.94 Å². The second-order valence-electron chi connectivity index (χ2n) is 9.84. The number of aromatic nitrogens is 2. The number of rotatable bonds is 9. The van der Waals surface area contributed by atoms with Gasteiger partial charge in [0.2, 0.25) is 0 Å². The number of benzene rings is 2. The van der Waals surface area contributed by atoms with Gasteiger partial charge in [0.05, 0.1) is 16.8 Å². The molecule has 0 spiro atoms. The van der Waals surface area contributed by atoms with Crippen molar-refractivity contribution in [2.75, 3.05) is 13.1 Å². The molecule has 1 atom stereocenters. The molecule has 2 aromatic carbocycles. The lowest BCUT2D eigenvalue weighted by atomic mass is 10.0. The number of amides is 2. The lowest BCUT2D eigenvalue weighted by Gasteiger charge is -2.29. The fraction of sp³-hybridized carbons (Fsp3) is 0.194. The second-order valence-corrected chi connectivity index (χ2v) is 10.0. The van der Waals surface area contributed by atoms with Crippen molar-refractivity contribution >= 4 is 40.5 Å². The smallest absolute Gasteiger partial charge is 0.327 e. The SMILES string of the molecule is CC(C)CN(C(=O)c1ccc(C#Cc2ccc(-c3cc(C(=O)NNCl)c4cnccc4n3)cc2)cc1)C(CN)C(=O)O. The average molecular weight is 585 g/mol. The van der Waals surface area contributed by atoms with Crippen molar-refractivity contribution in [1.29, 1.82) is 0 Å². The van der Waals surface area contributed by atoms with E-state index in [0.717, 1.165) is 11.1 Å². The van der Waals surface area contributed by atoms with Crippen molar-refractivity contribution in [3.63, 3.8) is 0 Å². The van der Waals surface area contributed by atoms with Gasteiger partial charge in [0, 0.05) is 53.1 Å². The Kier molecular flexibility index (Phi) is 9.83. The highest BCUT2D eigenvalue weighted by Gasteiger charge is 2.29. The third kappa shape index (κ3) is 7.08. The fourth-order valence-corrected chi connectivity index (χ4v) is 4.44. The Balaban J connectivity index is 1.53. The van der Waals surface area contributed by atoms with Gasteiger partial charge in [-0.05, 0) is 66.2 Å². The molecule has 2 heterocycles. The summed E-state index contributed by atoms with van der Waals surface area (Å²) < 4.78 is 0. The monoisotopic (exact) mass is 584 g/mol. The first-order chi connectivity index (χ1) is 20.2. The van der Waals surface area contributed by atoms with Gasteiger partial charge in [-0.25, -0.2) is 9.78 Å². The summed E-state index contributed by atoms with van der Waals surface area (Å²) in [6, 6.07) is 16.4. The molecule has 2 amide bonds. The van der Waals surface area contributed by atoms with E-state index in [-0.39, 0.29) is 19.0 Å². The number of aliphatic carboxylic acids is 1. The minimum absolute atomic E-state index is 0.0722. The molecule has 4 rings (SSSR count). The van der Waals surface area contributed by atoms with Crippen LogP contribution in [0.1, 0.15) is 45.7 Å². The molecule has 5 N–H and O–H groups in total. The van der Waals surface area contributed by atoms with Gasteiger partial charge in [0.15, 0.2) is 0 Å². The van der Waals surface area contributed by atoms with E-state index in [0.29, 0.717) is 33.3 Å². The van der Waals surface area contributed by atoms with Gasteiger partial charge in [-0.2, -0.15) is 0 Å². The van der Waals surface area contributed by atoms with Crippen LogP contribution in [0.15, 0.2) is 73.1 Å². The van der Waals surface area contributed by atoms with Crippen molar-refractivity contribution in [3.8, 4) is 23.1 Å². The summed E-state index contributed by atoms with van der Waals surface area (Å²) in [6.07, 6.45) is 3.18. The summed E-state index contributed by atoms with van der Waals surface area (Å²) >= 11 is 5.46. The van der Waals surface area contributed by atoms with E-state index in [9.17, 15) is 19.5 Å². The number of halogens is 1. The van der Waals surface area contributed by atoms with Gasteiger partial charge >= 0.3 is 5.97 Å². The molecule has 4 aromatic rings. The van der Waals surface area contributed by atoms with E-state index < -0.39 is 23.8 Å². The van der Waals surface area contributed by atoms with Crippen molar-refractivity contribution in [1.82, 2.24) is 25.2 Å². The molecule has 0 aliphatic rings. The number of nitrogens with one attached hydrogen (secondary N) is 2. The molecule has 0 saturated heterocycles. The number of carbonyl (C=O) groups excluding carboxylic acids is 2. The van der Waals surface area contributed by atoms with Crippen LogP contribution in [0.4, 0.5) is 0 Å². The van der Waals surface area contributed by atoms with Gasteiger partial charge in [0.1, 0.15) is 6.04 Å². The van der Waals surface area contributed by atoms with Crippen molar-refractivity contribution in [3.05, 3.63) is 95.3 Å². The Bertz CT molecular complexity index is 1660. The van der Waals surface area contributed by atoms with Crippen LogP contribution in [0.25, 0.3) is 22.2 Å². The normalized spacial score (nSPS) is 11.5. The lowest BCUT2D eigenvalue weighted by Crippen LogP contribution is -2.50. The molecule has 0 saturated carbocycles. The molecular weight excluding hydrogens is 556 g/mol. The summed E-state index contributed by atoms with van der Waals surface area (Å²) in [5.74, 6) is 4.30. The highest BCUT2D eigenvalue weighted by atomic mass is 35.5. The Hall–Kier alpha value is -4.82. The second kappa shape index (κ2) is 13.7. The summed E-state index contributed by atoms with van der Waals surface area (Å²) in [7, 11) is 0. The zero-order chi connectivity index (χ0) is 30.2. The molecule has 0 fully saturated rings. The molecule has 214 valence electrons. The molecular formula is C31H29ClN6O4. The number of carboxylic acids is 1. The highest BCUT2D eigenvalue weighted by Crippen LogP contribution is 2.25. The number of carboxylic acid groups (broad SMARTS) is 1. The van der Waals surface area contributed by atoms with Crippen LogP contribution in [0.5, 0.6) is 0 Å². The molecule has 0 aliphatic carbocycles. The van der Waals surface area contributed by atoms with E-state index in [1.165, 1.54) is 4.90 Å². The van der Waals surface area contributed by atoms with Gasteiger partial charge in [-0.3, -0.25) is 20.0 Å². The average Bonchev–Trinajstić information content (AvgIpc) is 2.99. The summed E-state index contributed by atoms with van der Waals surface area (Å²) in [6.45, 7) is 3.92. The molecule has 0 radical (unpaired) electrons. The largest absolute Gasteiger partial charge is 0.480 e. The lowest BCUT2D eigenvalue weighted by molar-refractivity contribution is -0.142. The number of fused-ring (bicyclic) bond motifs is 1. The minimum atomic E-state index is -1.14. The van der Waals surface area contributed by atoms with Crippen LogP contribution in [0.2, 0.25) is 0 Å². The summed E-state index contributed by atoms with van der Waals surface area (Å²) in [5.41, 5.74) is 12.2. The van der Waals surface area contributed by atoms with Crippen LogP contribution in [-0.2, 0) is 4.79 Å². The topological polar surface area (TPSA) is 151 Å². The van der Waals surface area contributed by atoms with E-state index in [1.54, 1.807) is 48.8 Å². The standard InChI is InChI=1S/C31H29ClN6O4/c1-19(2)18-38(28(16-33)31(41)42)30(40)23-11-7-21(8-12-23)4-3-20-5-9-22(10-6-20)27-15-24(29(39)36-37-32)25-17-34-14-13-26(25)35-27/h5-15,17,19,28,37H,16,18,33H2,1-2H3,(H,36,39)(H,41,42). The quantitative estimate of drug-likeness (QED) is 0.132. The molecule has 10 nitrogen and oxygen atoms in total. The van der Waals surface area contributed by atoms with Crippen molar-refractivity contribution in [2.45, 2.75) is 19.9 Å². The zero-order valence-corrected chi connectivity index (χ0v) is 23.7. The first kappa shape index (κ1) is 30.1. The molecule has 11 heteroatoms. The van der Waals surface area contributed by atoms with E-state index in [1.807, 2.05) is 38.1 Å². The van der Waals surface area contributed by atoms with Crippen LogP contribution in [-0.4, -0.2) is 56.9 Å². The Labute approximate surface area is 248 Å². The summed E-state index contributed by atoms with van der Waals surface area (Å²) in [4.78, 5) is 49.5. The molecule has 0 bridgehead atoms. The van der Waals surface area contributed by atoms with E-state index >= 15 is 0 Å². The number of hydrazine groups is 1. The number of carbonyl (C=O) groups is 3. The maximum atomic E-state index is 13.1. The Morgan fingerprint density at radius 1 is 1.02 bits per heavy atom. The van der Waals surface area contributed by atoms with E-state index in [2.05, 4.69) is 32.2 Å². The van der Waals surface area contributed by atoms with E-state index in [4.69, 9.17) is 17.5 Å². The third-order valence-electron chi connectivity index (χ3n) is 6.39. The predicted octanol–water partition coefficient (Wildman–Crippen LogP) is 3.59. The maximum absolute atomic E-state index is 13.1. The number of nitrogens with zero attached hydrogens (tertiary/aromatic N) is 3. The zero-order valence-electron chi connectivity index (χ0n) is 23.0. The van der Waals surface area contributed by atoms with Crippen LogP contribution in [0, 0.1) is 17.8 Å². The van der Waals surface area contributed by atoms with Crippen molar-refractivity contribution in [2.24, 2.45) is 11.7 Å². The van der Waals surface area contributed by atoms with Gasteiger partial charge in [0.25, 0.3) is 11.8 Å². The van der Waals surface area contributed by atoms with Crippen LogP contribution >= 0.6 is 11.8 Å². The Morgan fingerprint density at radius 3 is 2.24 bits per heavy atom. The van der Waals surface area contributed by atoms with Crippen LogP contribution in [0.3, 0.4) is 0 Å². The third-order valence-corrected chi connectivity index (χ3v) is 6.48. The molecule has 42 heavy (non-hydrogen) atoms.